The fourth-order valence-corrected chi connectivity index (χ4v) is 5.34. The number of likely N-dealkylation sites (N-methyl/N-ethyl adjacent to an activating group) is 1. The minimum absolute atomic E-state index is 0.0841. The Hall–Kier alpha value is -3.65. The normalized spacial score (nSPS) is 12.0. The van der Waals surface area contributed by atoms with Crippen molar-refractivity contribution in [3.05, 3.63) is 95.6 Å². The van der Waals surface area contributed by atoms with Gasteiger partial charge < -0.3 is 10.2 Å². The Morgan fingerprint density at radius 2 is 1.43 bits per heavy atom. The predicted molar refractivity (Wildman–Crippen MR) is 137 cm³/mol. The highest BCUT2D eigenvalue weighted by Gasteiger charge is 2.32. The summed E-state index contributed by atoms with van der Waals surface area (Å²) in [5, 5.41) is 2.59. The van der Waals surface area contributed by atoms with Crippen LogP contribution in [0.2, 0.25) is 0 Å². The fourth-order valence-electron chi connectivity index (χ4n) is 3.84. The Kier molecular flexibility index (Phi) is 8.30. The maximum absolute atomic E-state index is 13.7. The average molecular weight is 494 g/mol. The third kappa shape index (κ3) is 5.89. The zero-order valence-electron chi connectivity index (χ0n) is 20.4. The molecule has 7 nitrogen and oxygen atoms in total. The van der Waals surface area contributed by atoms with E-state index in [0.717, 1.165) is 15.4 Å². The van der Waals surface area contributed by atoms with Crippen LogP contribution in [-0.4, -0.2) is 44.8 Å². The first-order valence-electron chi connectivity index (χ1n) is 11.4. The molecule has 184 valence electrons. The number of hydrogen-bond acceptors (Lipinski definition) is 4. The second kappa shape index (κ2) is 11.2. The molecule has 3 rings (SSSR count). The second-order valence-electron chi connectivity index (χ2n) is 8.35. The van der Waals surface area contributed by atoms with Crippen LogP contribution in [-0.2, 0) is 26.2 Å². The molecule has 35 heavy (non-hydrogen) atoms. The van der Waals surface area contributed by atoms with E-state index in [1.165, 1.54) is 24.1 Å². The van der Waals surface area contributed by atoms with Gasteiger partial charge in [0, 0.05) is 13.6 Å². The molecule has 0 aliphatic rings. The number of rotatable bonds is 9. The lowest BCUT2D eigenvalue weighted by Gasteiger charge is -2.32. The first-order valence-corrected chi connectivity index (χ1v) is 12.8. The molecule has 8 heteroatoms. The number of hydrogen-bond donors (Lipinski definition) is 1. The molecule has 1 atom stereocenters. The molecular weight excluding hydrogens is 462 g/mol. The Balaban J connectivity index is 2.05. The summed E-state index contributed by atoms with van der Waals surface area (Å²) in [6, 6.07) is 21.8. The topological polar surface area (TPSA) is 86.8 Å². The van der Waals surface area contributed by atoms with E-state index in [1.807, 2.05) is 37.3 Å². The van der Waals surface area contributed by atoms with Gasteiger partial charge in [-0.05, 0) is 55.7 Å². The van der Waals surface area contributed by atoms with E-state index < -0.39 is 28.5 Å². The van der Waals surface area contributed by atoms with Gasteiger partial charge in [-0.2, -0.15) is 0 Å². The van der Waals surface area contributed by atoms with Crippen LogP contribution in [0.3, 0.4) is 0 Å². The highest BCUT2D eigenvalue weighted by atomic mass is 32.2. The molecule has 0 aliphatic carbocycles. The van der Waals surface area contributed by atoms with Gasteiger partial charge in [0.1, 0.15) is 12.6 Å². The number of nitrogens with zero attached hydrogens (tertiary/aromatic N) is 2. The molecule has 2 amide bonds. The summed E-state index contributed by atoms with van der Waals surface area (Å²) in [5.41, 5.74) is 2.98. The maximum atomic E-state index is 13.7. The van der Waals surface area contributed by atoms with Crippen LogP contribution in [0, 0.1) is 13.8 Å². The van der Waals surface area contributed by atoms with Crippen LogP contribution in [0.4, 0.5) is 5.69 Å². The molecule has 3 aromatic carbocycles. The van der Waals surface area contributed by atoms with Crippen molar-refractivity contribution in [3.63, 3.8) is 0 Å². The molecule has 0 heterocycles. The molecule has 3 aromatic rings. The number of carbonyl (C=O) groups excluding carboxylic acids is 2. The first kappa shape index (κ1) is 26.0. The second-order valence-corrected chi connectivity index (χ2v) is 10.2. The smallest absolute Gasteiger partial charge is 0.264 e. The highest BCUT2D eigenvalue weighted by molar-refractivity contribution is 7.92. The molecule has 0 saturated heterocycles. The van der Waals surface area contributed by atoms with Crippen molar-refractivity contribution >= 4 is 27.5 Å². The van der Waals surface area contributed by atoms with Crippen molar-refractivity contribution in [2.75, 3.05) is 17.9 Å². The van der Waals surface area contributed by atoms with Gasteiger partial charge in [0.2, 0.25) is 11.8 Å². The Morgan fingerprint density at radius 1 is 0.857 bits per heavy atom. The number of nitrogens with one attached hydrogen (secondary N) is 1. The van der Waals surface area contributed by atoms with Gasteiger partial charge >= 0.3 is 0 Å². The zero-order chi connectivity index (χ0) is 25.6. The number of amides is 2. The van der Waals surface area contributed by atoms with Crippen molar-refractivity contribution in [1.82, 2.24) is 10.2 Å². The molecule has 0 bridgehead atoms. The molecule has 0 spiro atoms. The zero-order valence-corrected chi connectivity index (χ0v) is 21.2. The summed E-state index contributed by atoms with van der Waals surface area (Å²) >= 11 is 0. The van der Waals surface area contributed by atoms with E-state index in [2.05, 4.69) is 5.32 Å². The van der Waals surface area contributed by atoms with E-state index in [0.29, 0.717) is 11.3 Å². The van der Waals surface area contributed by atoms with Crippen molar-refractivity contribution in [2.24, 2.45) is 0 Å². The number of aryl methyl sites for hydroxylation is 2. The van der Waals surface area contributed by atoms with Crippen LogP contribution in [0.25, 0.3) is 0 Å². The van der Waals surface area contributed by atoms with Crippen LogP contribution in [0.15, 0.2) is 83.8 Å². The van der Waals surface area contributed by atoms with Gasteiger partial charge in [-0.1, -0.05) is 60.7 Å². The Bertz CT molecular complexity index is 1290. The van der Waals surface area contributed by atoms with Gasteiger partial charge in [-0.15, -0.1) is 0 Å². The molecule has 0 radical (unpaired) electrons. The third-order valence-corrected chi connectivity index (χ3v) is 7.78. The van der Waals surface area contributed by atoms with E-state index in [1.54, 1.807) is 50.2 Å². The number of para-hydroxylation sites is 1. The highest BCUT2D eigenvalue weighted by Crippen LogP contribution is 2.27. The molecule has 0 aliphatic heterocycles. The average Bonchev–Trinajstić information content (AvgIpc) is 2.86. The molecule has 0 unspecified atom stereocenters. The summed E-state index contributed by atoms with van der Waals surface area (Å²) in [7, 11) is -2.54. The fraction of sp³-hybridized carbons (Fsp3) is 0.259. The molecule has 0 fully saturated rings. The van der Waals surface area contributed by atoms with Gasteiger partial charge in [0.25, 0.3) is 10.0 Å². The summed E-state index contributed by atoms with van der Waals surface area (Å²) in [5.74, 6) is -0.813. The van der Waals surface area contributed by atoms with Gasteiger partial charge in [-0.3, -0.25) is 13.9 Å². The largest absolute Gasteiger partial charge is 0.357 e. The predicted octanol–water partition coefficient (Wildman–Crippen LogP) is 3.66. The first-order chi connectivity index (χ1) is 16.7. The van der Waals surface area contributed by atoms with E-state index in [4.69, 9.17) is 0 Å². The van der Waals surface area contributed by atoms with E-state index in [-0.39, 0.29) is 17.3 Å². The van der Waals surface area contributed by atoms with Gasteiger partial charge in [0.05, 0.1) is 10.6 Å². The van der Waals surface area contributed by atoms with Crippen molar-refractivity contribution < 1.29 is 18.0 Å². The maximum Gasteiger partial charge on any atom is 0.264 e. The van der Waals surface area contributed by atoms with Crippen LogP contribution in [0.5, 0.6) is 0 Å². The summed E-state index contributed by atoms with van der Waals surface area (Å²) in [6.07, 6.45) is 0. The summed E-state index contributed by atoms with van der Waals surface area (Å²) in [6.45, 7) is 5.09. The summed E-state index contributed by atoms with van der Waals surface area (Å²) < 4.78 is 28.5. The SMILES string of the molecule is CNC(=O)[C@H](C)N(Cc1ccccc1C)C(=O)CN(c1ccccc1C)S(=O)(=O)c1ccccc1. The lowest BCUT2D eigenvalue weighted by atomic mass is 10.1. The minimum atomic E-state index is -4.05. The third-order valence-electron chi connectivity index (χ3n) is 6.01. The van der Waals surface area contributed by atoms with Crippen molar-refractivity contribution in [2.45, 2.75) is 38.3 Å². The standard InChI is InChI=1S/C27H31N3O4S/c1-20-12-8-10-14-23(20)18-29(22(3)27(32)28-4)26(31)19-30(25-17-11-9-13-21(25)2)35(33,34)24-15-6-5-7-16-24/h5-17,22H,18-19H2,1-4H3,(H,28,32)/t22-/m0/s1. The molecular formula is C27H31N3O4S. The number of sulfonamides is 1. The lowest BCUT2D eigenvalue weighted by molar-refractivity contribution is -0.139. The number of benzene rings is 3. The van der Waals surface area contributed by atoms with Gasteiger partial charge in [0.15, 0.2) is 0 Å². The molecule has 0 saturated carbocycles. The van der Waals surface area contributed by atoms with Crippen LogP contribution < -0.4 is 9.62 Å². The molecule has 0 aromatic heterocycles. The van der Waals surface area contributed by atoms with E-state index in [9.17, 15) is 18.0 Å². The Labute approximate surface area is 207 Å². The van der Waals surface area contributed by atoms with Crippen molar-refractivity contribution in [3.8, 4) is 0 Å². The number of anilines is 1. The number of carbonyl (C=O) groups is 2. The Morgan fingerprint density at radius 3 is 2.03 bits per heavy atom. The van der Waals surface area contributed by atoms with E-state index >= 15 is 0 Å². The summed E-state index contributed by atoms with van der Waals surface area (Å²) in [4.78, 5) is 27.8. The van der Waals surface area contributed by atoms with Gasteiger partial charge in [-0.25, -0.2) is 8.42 Å². The van der Waals surface area contributed by atoms with Crippen LogP contribution >= 0.6 is 0 Å². The van der Waals surface area contributed by atoms with Crippen molar-refractivity contribution in [1.29, 1.82) is 0 Å². The quantitative estimate of drug-likeness (QED) is 0.493. The van der Waals surface area contributed by atoms with Crippen LogP contribution in [0.1, 0.15) is 23.6 Å². The molecule has 1 N–H and O–H groups in total. The monoisotopic (exact) mass is 493 g/mol. The minimum Gasteiger partial charge on any atom is -0.357 e. The lowest BCUT2D eigenvalue weighted by Crippen LogP contribution is -2.50.